The SMILES string of the molecule is CC(C)(C)NC(=O)c1cn(COCC[Si](C)(C)C)c2ncc(-n3ncc4ccc(F)cc43)nc12. The average molecular weight is 483 g/mol. The number of nitrogens with zero attached hydrogens (tertiary/aromatic N) is 5. The van der Waals surface area contributed by atoms with E-state index in [1.165, 1.54) is 16.8 Å². The van der Waals surface area contributed by atoms with Crippen LogP contribution in [0.15, 0.2) is 36.8 Å². The van der Waals surface area contributed by atoms with Crippen molar-refractivity contribution in [1.29, 1.82) is 0 Å². The predicted octanol–water partition coefficient (Wildman–Crippen LogP) is 4.75. The number of fused-ring (bicyclic) bond motifs is 2. The summed E-state index contributed by atoms with van der Waals surface area (Å²) >= 11 is 0. The molecule has 0 fully saturated rings. The van der Waals surface area contributed by atoms with Crippen LogP contribution in [0.25, 0.3) is 27.9 Å². The Morgan fingerprint density at radius 2 is 1.97 bits per heavy atom. The molecule has 0 unspecified atom stereocenters. The molecule has 1 amide bonds. The number of amides is 1. The number of rotatable bonds is 7. The highest BCUT2D eigenvalue weighted by Gasteiger charge is 2.23. The van der Waals surface area contributed by atoms with Gasteiger partial charge in [-0.15, -0.1) is 0 Å². The van der Waals surface area contributed by atoms with Gasteiger partial charge < -0.3 is 14.6 Å². The molecule has 3 heterocycles. The van der Waals surface area contributed by atoms with E-state index in [1.54, 1.807) is 29.2 Å². The van der Waals surface area contributed by atoms with E-state index >= 15 is 0 Å². The van der Waals surface area contributed by atoms with Crippen molar-refractivity contribution in [1.82, 2.24) is 29.6 Å². The summed E-state index contributed by atoms with van der Waals surface area (Å²) in [7, 11) is -1.22. The van der Waals surface area contributed by atoms with Crippen LogP contribution in [0.3, 0.4) is 0 Å². The molecule has 1 aromatic carbocycles. The van der Waals surface area contributed by atoms with Crippen molar-refractivity contribution >= 4 is 36.0 Å². The fourth-order valence-electron chi connectivity index (χ4n) is 3.53. The molecule has 0 bridgehead atoms. The molecule has 1 N–H and O–H groups in total. The van der Waals surface area contributed by atoms with Gasteiger partial charge in [0, 0.05) is 37.9 Å². The van der Waals surface area contributed by atoms with Crippen molar-refractivity contribution in [3.63, 3.8) is 0 Å². The highest BCUT2D eigenvalue weighted by molar-refractivity contribution is 6.76. The van der Waals surface area contributed by atoms with Gasteiger partial charge in [-0.05, 0) is 38.9 Å². The maximum Gasteiger partial charge on any atom is 0.255 e. The first kappa shape index (κ1) is 24.0. The summed E-state index contributed by atoms with van der Waals surface area (Å²) < 4.78 is 23.1. The molecule has 3 aromatic heterocycles. The Kier molecular flexibility index (Phi) is 6.30. The van der Waals surface area contributed by atoms with Crippen LogP contribution in [0.4, 0.5) is 4.39 Å². The largest absolute Gasteiger partial charge is 0.361 e. The lowest BCUT2D eigenvalue weighted by molar-refractivity contribution is 0.0886. The lowest BCUT2D eigenvalue weighted by atomic mass is 10.1. The Bertz CT molecular complexity index is 1350. The Morgan fingerprint density at radius 3 is 2.68 bits per heavy atom. The Labute approximate surface area is 199 Å². The molecule has 0 spiro atoms. The summed E-state index contributed by atoms with van der Waals surface area (Å²) in [5, 5.41) is 8.13. The fourth-order valence-corrected chi connectivity index (χ4v) is 4.29. The van der Waals surface area contributed by atoms with Gasteiger partial charge in [-0.25, -0.2) is 19.0 Å². The standard InChI is InChI=1S/C24H31FN6O2Si/c1-24(2,3)29-23(32)18-14-30(15-33-9-10-34(4,5)6)22-21(18)28-20(13-26-22)31-19-11-17(25)8-7-16(19)12-27-31/h7-8,11-14H,9-10,15H2,1-6H3,(H,29,32). The molecule has 180 valence electrons. The molecular formula is C24H31FN6O2Si. The number of nitrogens with one attached hydrogen (secondary N) is 1. The summed E-state index contributed by atoms with van der Waals surface area (Å²) in [6, 6.07) is 5.50. The first-order valence-corrected chi connectivity index (χ1v) is 15.0. The number of carbonyl (C=O) groups is 1. The van der Waals surface area contributed by atoms with E-state index in [9.17, 15) is 9.18 Å². The lowest BCUT2D eigenvalue weighted by Gasteiger charge is -2.20. The number of hydrogen-bond donors (Lipinski definition) is 1. The topological polar surface area (TPSA) is 86.9 Å². The van der Waals surface area contributed by atoms with Crippen LogP contribution in [-0.4, -0.2) is 50.4 Å². The number of hydrogen-bond acceptors (Lipinski definition) is 5. The summed E-state index contributed by atoms with van der Waals surface area (Å²) in [5.74, 6) is -0.216. The maximum atomic E-state index is 13.9. The van der Waals surface area contributed by atoms with E-state index in [1.807, 2.05) is 20.8 Å². The van der Waals surface area contributed by atoms with Crippen LogP contribution >= 0.6 is 0 Å². The monoisotopic (exact) mass is 482 g/mol. The second-order valence-electron chi connectivity index (χ2n) is 10.7. The van der Waals surface area contributed by atoms with Gasteiger partial charge in [0.15, 0.2) is 11.5 Å². The summed E-state index contributed by atoms with van der Waals surface area (Å²) in [6.45, 7) is 13.6. The molecule has 10 heteroatoms. The van der Waals surface area contributed by atoms with Crippen LogP contribution in [0.1, 0.15) is 31.1 Å². The van der Waals surface area contributed by atoms with Crippen molar-refractivity contribution in [2.45, 2.75) is 58.7 Å². The lowest BCUT2D eigenvalue weighted by Crippen LogP contribution is -2.40. The van der Waals surface area contributed by atoms with E-state index in [0.717, 1.165) is 11.4 Å². The van der Waals surface area contributed by atoms with Gasteiger partial charge in [0.25, 0.3) is 5.91 Å². The van der Waals surface area contributed by atoms with Crippen molar-refractivity contribution in [3.05, 3.63) is 48.2 Å². The molecule has 0 aliphatic carbocycles. The third-order valence-corrected chi connectivity index (χ3v) is 6.97. The molecule has 8 nitrogen and oxygen atoms in total. The minimum absolute atomic E-state index is 0.249. The fraction of sp³-hybridized carbons (Fsp3) is 0.417. The smallest absolute Gasteiger partial charge is 0.255 e. The average Bonchev–Trinajstić information content (AvgIpc) is 3.30. The minimum atomic E-state index is -1.22. The first-order chi connectivity index (χ1) is 15.9. The molecule has 4 aromatic rings. The van der Waals surface area contributed by atoms with Crippen LogP contribution in [-0.2, 0) is 11.5 Å². The van der Waals surface area contributed by atoms with Gasteiger partial charge in [0.05, 0.1) is 23.5 Å². The summed E-state index contributed by atoms with van der Waals surface area (Å²) in [6.07, 6.45) is 4.94. The van der Waals surface area contributed by atoms with Crippen LogP contribution in [0.2, 0.25) is 25.7 Å². The van der Waals surface area contributed by atoms with E-state index < -0.39 is 13.6 Å². The molecule has 0 atom stereocenters. The molecular weight excluding hydrogens is 451 g/mol. The van der Waals surface area contributed by atoms with Crippen LogP contribution in [0, 0.1) is 5.82 Å². The van der Waals surface area contributed by atoms with Crippen LogP contribution < -0.4 is 5.32 Å². The summed E-state index contributed by atoms with van der Waals surface area (Å²) in [4.78, 5) is 22.4. The Hall–Kier alpha value is -3.11. The van der Waals surface area contributed by atoms with Gasteiger partial charge >= 0.3 is 0 Å². The van der Waals surface area contributed by atoms with Crippen molar-refractivity contribution in [3.8, 4) is 5.82 Å². The number of carbonyl (C=O) groups excluding carboxylic acids is 1. The van der Waals surface area contributed by atoms with Gasteiger partial charge in [-0.1, -0.05) is 19.6 Å². The second kappa shape index (κ2) is 8.92. The van der Waals surface area contributed by atoms with Crippen molar-refractivity contribution in [2.75, 3.05) is 6.61 Å². The normalized spacial score (nSPS) is 12.6. The molecule has 34 heavy (non-hydrogen) atoms. The van der Waals surface area contributed by atoms with E-state index in [0.29, 0.717) is 34.7 Å². The molecule has 0 aliphatic rings. The van der Waals surface area contributed by atoms with Gasteiger partial charge in [0.1, 0.15) is 18.1 Å². The predicted molar refractivity (Wildman–Crippen MR) is 133 cm³/mol. The Balaban J connectivity index is 1.74. The number of aromatic nitrogens is 5. The third kappa shape index (κ3) is 5.34. The quantitative estimate of drug-likeness (QED) is 0.303. The molecule has 0 radical (unpaired) electrons. The number of ether oxygens (including phenoxy) is 1. The summed E-state index contributed by atoms with van der Waals surface area (Å²) in [5.41, 5.74) is 1.53. The molecule has 4 rings (SSSR count). The third-order valence-electron chi connectivity index (χ3n) is 5.26. The van der Waals surface area contributed by atoms with Crippen molar-refractivity contribution < 1.29 is 13.9 Å². The first-order valence-electron chi connectivity index (χ1n) is 11.3. The molecule has 0 aliphatic heterocycles. The zero-order valence-electron chi connectivity index (χ0n) is 20.5. The van der Waals surface area contributed by atoms with Gasteiger partial charge in [-0.2, -0.15) is 5.10 Å². The number of halogens is 1. The van der Waals surface area contributed by atoms with Crippen molar-refractivity contribution in [2.24, 2.45) is 0 Å². The Morgan fingerprint density at radius 1 is 1.21 bits per heavy atom. The number of benzene rings is 1. The highest BCUT2D eigenvalue weighted by atomic mass is 28.3. The van der Waals surface area contributed by atoms with E-state index in [4.69, 9.17) is 9.72 Å². The second-order valence-corrected chi connectivity index (χ2v) is 16.3. The maximum absolute atomic E-state index is 13.9. The van der Waals surface area contributed by atoms with Gasteiger partial charge in [0.2, 0.25) is 0 Å². The molecule has 0 saturated heterocycles. The highest BCUT2D eigenvalue weighted by Crippen LogP contribution is 2.23. The zero-order chi connectivity index (χ0) is 24.7. The molecule has 0 saturated carbocycles. The van der Waals surface area contributed by atoms with Gasteiger partial charge in [-0.3, -0.25) is 4.79 Å². The van der Waals surface area contributed by atoms with E-state index in [-0.39, 0.29) is 18.5 Å². The minimum Gasteiger partial charge on any atom is -0.361 e. The van der Waals surface area contributed by atoms with Crippen LogP contribution in [0.5, 0.6) is 0 Å². The zero-order valence-corrected chi connectivity index (χ0v) is 21.5. The van der Waals surface area contributed by atoms with E-state index in [2.05, 4.69) is 35.0 Å².